The van der Waals surface area contributed by atoms with E-state index >= 15 is 0 Å². The molecule has 3 heterocycles. The quantitative estimate of drug-likeness (QED) is 0.389. The van der Waals surface area contributed by atoms with Crippen LogP contribution < -0.4 is 5.32 Å². The summed E-state index contributed by atoms with van der Waals surface area (Å²) in [7, 11) is 0. The fourth-order valence-electron chi connectivity index (χ4n) is 3.05. The van der Waals surface area contributed by atoms with Crippen LogP contribution in [0.5, 0.6) is 0 Å². The standard InChI is InChI=1S/C21H16N6OS2/c1-12(19(28)25-20-23-16(11-29-20)13-7-3-2-4-8-13)30-21-24-18-17(26-27-21)14-9-5-6-10-15(14)22-18/h2-12H,1H3,(H,22,24,27)(H,23,25,28). The van der Waals surface area contributed by atoms with E-state index in [0.717, 1.165) is 27.7 Å². The molecule has 5 rings (SSSR count). The van der Waals surface area contributed by atoms with Gasteiger partial charge < -0.3 is 10.3 Å². The third-order valence-corrected chi connectivity index (χ3v) is 6.27. The highest BCUT2D eigenvalue weighted by Gasteiger charge is 2.19. The molecule has 148 valence electrons. The second-order valence-electron chi connectivity index (χ2n) is 6.62. The minimum Gasteiger partial charge on any atom is -0.338 e. The highest BCUT2D eigenvalue weighted by Crippen LogP contribution is 2.27. The molecule has 30 heavy (non-hydrogen) atoms. The van der Waals surface area contributed by atoms with E-state index in [-0.39, 0.29) is 5.91 Å². The molecule has 0 radical (unpaired) electrons. The molecule has 0 aliphatic carbocycles. The van der Waals surface area contributed by atoms with Crippen LogP contribution in [0.2, 0.25) is 0 Å². The Balaban J connectivity index is 1.29. The van der Waals surface area contributed by atoms with E-state index in [1.54, 1.807) is 0 Å². The zero-order valence-electron chi connectivity index (χ0n) is 15.9. The molecular weight excluding hydrogens is 416 g/mol. The molecule has 0 fully saturated rings. The number of carbonyl (C=O) groups is 1. The van der Waals surface area contributed by atoms with Crippen molar-refractivity contribution in [2.75, 3.05) is 5.32 Å². The van der Waals surface area contributed by atoms with E-state index in [0.29, 0.717) is 15.9 Å². The van der Waals surface area contributed by atoms with Crippen molar-refractivity contribution in [3.8, 4) is 11.3 Å². The minimum atomic E-state index is -0.405. The van der Waals surface area contributed by atoms with Crippen LogP contribution in [0.3, 0.4) is 0 Å². The van der Waals surface area contributed by atoms with E-state index in [1.807, 2.05) is 66.9 Å². The lowest BCUT2D eigenvalue weighted by atomic mass is 10.2. The Labute approximate surface area is 180 Å². The molecule has 0 spiro atoms. The molecular formula is C21H16N6OS2. The Morgan fingerprint density at radius 1 is 1.07 bits per heavy atom. The summed E-state index contributed by atoms with van der Waals surface area (Å²) in [6.07, 6.45) is 0. The van der Waals surface area contributed by atoms with Crippen LogP contribution >= 0.6 is 23.1 Å². The highest BCUT2D eigenvalue weighted by atomic mass is 32.2. The maximum atomic E-state index is 12.6. The molecule has 1 amide bonds. The van der Waals surface area contributed by atoms with E-state index in [1.165, 1.54) is 23.1 Å². The first kappa shape index (κ1) is 18.7. The summed E-state index contributed by atoms with van der Waals surface area (Å²) in [6.45, 7) is 1.81. The number of anilines is 1. The predicted molar refractivity (Wildman–Crippen MR) is 121 cm³/mol. The predicted octanol–water partition coefficient (Wildman–Crippen LogP) is 4.75. The summed E-state index contributed by atoms with van der Waals surface area (Å²) in [6, 6.07) is 17.7. The van der Waals surface area contributed by atoms with Crippen LogP contribution in [-0.2, 0) is 4.79 Å². The molecule has 1 atom stereocenters. The number of para-hydroxylation sites is 1. The number of benzene rings is 2. The van der Waals surface area contributed by atoms with Gasteiger partial charge in [0.25, 0.3) is 0 Å². The molecule has 2 N–H and O–H groups in total. The number of nitrogens with one attached hydrogen (secondary N) is 2. The van der Waals surface area contributed by atoms with Gasteiger partial charge in [-0.2, -0.15) is 0 Å². The second-order valence-corrected chi connectivity index (χ2v) is 8.78. The molecule has 3 aromatic heterocycles. The van der Waals surface area contributed by atoms with Crippen molar-refractivity contribution in [3.05, 3.63) is 60.0 Å². The molecule has 2 aromatic carbocycles. The van der Waals surface area contributed by atoms with Crippen molar-refractivity contribution in [2.24, 2.45) is 0 Å². The molecule has 0 saturated carbocycles. The van der Waals surface area contributed by atoms with Gasteiger partial charge in [-0.25, -0.2) is 9.97 Å². The second kappa shape index (κ2) is 7.85. The van der Waals surface area contributed by atoms with Gasteiger partial charge in [-0.1, -0.05) is 60.3 Å². The maximum Gasteiger partial charge on any atom is 0.239 e. The topological polar surface area (TPSA) is 96.5 Å². The van der Waals surface area contributed by atoms with Gasteiger partial charge in [-0.15, -0.1) is 21.5 Å². The van der Waals surface area contributed by atoms with E-state index in [2.05, 4.69) is 30.5 Å². The first-order valence-corrected chi connectivity index (χ1v) is 11.0. The Kier molecular flexibility index (Phi) is 4.89. The van der Waals surface area contributed by atoms with Gasteiger partial charge >= 0.3 is 0 Å². The van der Waals surface area contributed by atoms with Gasteiger partial charge in [0, 0.05) is 21.8 Å². The van der Waals surface area contributed by atoms with Crippen LogP contribution in [0.25, 0.3) is 33.3 Å². The van der Waals surface area contributed by atoms with Crippen LogP contribution in [0, 0.1) is 0 Å². The number of hydrogen-bond acceptors (Lipinski definition) is 7. The molecule has 9 heteroatoms. The maximum absolute atomic E-state index is 12.6. The fraction of sp³-hybridized carbons (Fsp3) is 0.0952. The van der Waals surface area contributed by atoms with Crippen molar-refractivity contribution in [2.45, 2.75) is 17.3 Å². The number of fused-ring (bicyclic) bond motifs is 3. The van der Waals surface area contributed by atoms with E-state index in [4.69, 9.17) is 0 Å². The zero-order valence-corrected chi connectivity index (χ0v) is 17.5. The molecule has 0 aliphatic heterocycles. The number of aromatic amines is 1. The summed E-state index contributed by atoms with van der Waals surface area (Å²) in [5, 5.41) is 14.9. The number of carbonyl (C=O) groups excluding carboxylic acids is 1. The van der Waals surface area contributed by atoms with E-state index in [9.17, 15) is 4.79 Å². The Morgan fingerprint density at radius 3 is 2.73 bits per heavy atom. The molecule has 0 bridgehead atoms. The SMILES string of the molecule is CC(Sc1nnc2c(n1)[nH]c1ccccc12)C(=O)Nc1nc(-c2ccccc2)cs1. The number of thioether (sulfide) groups is 1. The van der Waals surface area contributed by atoms with Crippen molar-refractivity contribution in [1.82, 2.24) is 25.1 Å². The molecule has 7 nitrogen and oxygen atoms in total. The largest absolute Gasteiger partial charge is 0.338 e. The average Bonchev–Trinajstić information content (AvgIpc) is 3.38. The first-order valence-electron chi connectivity index (χ1n) is 9.27. The van der Waals surface area contributed by atoms with Gasteiger partial charge in [-0.05, 0) is 13.0 Å². The number of nitrogens with zero attached hydrogens (tertiary/aromatic N) is 4. The van der Waals surface area contributed by atoms with Crippen molar-refractivity contribution < 1.29 is 4.79 Å². The van der Waals surface area contributed by atoms with Crippen molar-refractivity contribution >= 4 is 56.2 Å². The number of thiazole rings is 1. The Hall–Kier alpha value is -3.30. The minimum absolute atomic E-state index is 0.158. The van der Waals surface area contributed by atoms with Crippen molar-refractivity contribution in [1.29, 1.82) is 0 Å². The third kappa shape index (κ3) is 3.64. The van der Waals surface area contributed by atoms with Gasteiger partial charge in [0.05, 0.1) is 10.9 Å². The summed E-state index contributed by atoms with van der Waals surface area (Å²) in [4.78, 5) is 24.9. The van der Waals surface area contributed by atoms with Gasteiger partial charge in [-0.3, -0.25) is 4.79 Å². The fourth-order valence-corrected chi connectivity index (χ4v) is 4.48. The van der Waals surface area contributed by atoms with Crippen molar-refractivity contribution in [3.63, 3.8) is 0 Å². The van der Waals surface area contributed by atoms with Crippen LogP contribution in [0.1, 0.15) is 6.92 Å². The lowest BCUT2D eigenvalue weighted by Crippen LogP contribution is -2.22. The molecule has 0 aliphatic rings. The zero-order chi connectivity index (χ0) is 20.5. The average molecular weight is 433 g/mol. The monoisotopic (exact) mass is 432 g/mol. The lowest BCUT2D eigenvalue weighted by molar-refractivity contribution is -0.115. The Bertz CT molecular complexity index is 1350. The summed E-state index contributed by atoms with van der Waals surface area (Å²) >= 11 is 2.66. The highest BCUT2D eigenvalue weighted by molar-refractivity contribution is 8.00. The number of H-pyrrole nitrogens is 1. The summed E-state index contributed by atoms with van der Waals surface area (Å²) in [5.41, 5.74) is 4.20. The number of hydrogen-bond donors (Lipinski definition) is 2. The first-order chi connectivity index (χ1) is 14.7. The summed E-state index contributed by atoms with van der Waals surface area (Å²) in [5.74, 6) is -0.158. The Morgan fingerprint density at radius 2 is 1.87 bits per heavy atom. The van der Waals surface area contributed by atoms with Gasteiger partial charge in [0.2, 0.25) is 11.1 Å². The number of amides is 1. The van der Waals surface area contributed by atoms with Crippen LogP contribution in [0.4, 0.5) is 5.13 Å². The van der Waals surface area contributed by atoms with Crippen LogP contribution in [0.15, 0.2) is 65.1 Å². The van der Waals surface area contributed by atoms with E-state index < -0.39 is 5.25 Å². The van der Waals surface area contributed by atoms with Gasteiger partial charge in [0.1, 0.15) is 5.52 Å². The number of rotatable bonds is 5. The van der Waals surface area contributed by atoms with Crippen LogP contribution in [-0.4, -0.2) is 36.3 Å². The molecule has 0 saturated heterocycles. The molecule has 5 aromatic rings. The lowest BCUT2D eigenvalue weighted by Gasteiger charge is -2.08. The van der Waals surface area contributed by atoms with Gasteiger partial charge in [0.15, 0.2) is 10.8 Å². The number of aromatic nitrogens is 5. The molecule has 1 unspecified atom stereocenters. The normalized spacial score (nSPS) is 12.3. The summed E-state index contributed by atoms with van der Waals surface area (Å²) < 4.78 is 0. The third-order valence-electron chi connectivity index (χ3n) is 4.56. The smallest absolute Gasteiger partial charge is 0.239 e.